The zero-order chi connectivity index (χ0) is 13.4. The lowest BCUT2D eigenvalue weighted by Gasteiger charge is -2.10. The van der Waals surface area contributed by atoms with E-state index in [4.69, 9.17) is 5.11 Å². The fourth-order valence-corrected chi connectivity index (χ4v) is 4.12. The van der Waals surface area contributed by atoms with Crippen LogP contribution in [0.2, 0.25) is 0 Å². The summed E-state index contributed by atoms with van der Waals surface area (Å²) in [6.45, 7) is 0.813. The summed E-state index contributed by atoms with van der Waals surface area (Å²) >= 11 is 5.29. The van der Waals surface area contributed by atoms with Crippen LogP contribution >= 0.6 is 27.7 Å². The van der Waals surface area contributed by atoms with Crippen LogP contribution in [0.4, 0.5) is 0 Å². The number of nitrogens with zero attached hydrogens (tertiary/aromatic N) is 1. The molecule has 0 fully saturated rings. The third-order valence-corrected chi connectivity index (χ3v) is 5.19. The van der Waals surface area contributed by atoms with Crippen LogP contribution < -0.4 is 0 Å². The van der Waals surface area contributed by atoms with E-state index < -0.39 is 5.97 Å². The molecule has 0 saturated heterocycles. The Labute approximate surface area is 123 Å². The van der Waals surface area contributed by atoms with Crippen molar-refractivity contribution in [3.63, 3.8) is 0 Å². The Kier molecular flexibility index (Phi) is 3.41. The number of carboxylic acid groups (broad SMARTS) is 1. The Hall–Kier alpha value is -1.20. The van der Waals surface area contributed by atoms with Crippen molar-refractivity contribution in [2.75, 3.05) is 0 Å². The topological polar surface area (TPSA) is 42.2 Å². The molecule has 98 valence electrons. The lowest BCUT2D eigenvalue weighted by Crippen LogP contribution is -2.11. The van der Waals surface area contributed by atoms with Gasteiger partial charge in [-0.2, -0.15) is 0 Å². The Bertz CT molecular complexity index is 613. The quantitative estimate of drug-likeness (QED) is 0.929. The van der Waals surface area contributed by atoms with Crippen molar-refractivity contribution in [1.82, 2.24) is 4.57 Å². The first-order chi connectivity index (χ1) is 9.13. The maximum absolute atomic E-state index is 10.9. The predicted octanol–water partition coefficient (Wildman–Crippen LogP) is 3.67. The Morgan fingerprint density at radius 1 is 1.47 bits per heavy atom. The number of hydrogen-bond donors (Lipinski definition) is 1. The lowest BCUT2D eigenvalue weighted by molar-refractivity contribution is 0.0697. The first-order valence-corrected chi connectivity index (χ1v) is 7.64. The molecule has 1 unspecified atom stereocenters. The first kappa shape index (κ1) is 12.8. The zero-order valence-corrected chi connectivity index (χ0v) is 12.4. The summed E-state index contributed by atoms with van der Waals surface area (Å²) in [4.78, 5) is 12.3. The fraction of sp³-hybridized carbons (Fsp3) is 0.214. The molecule has 1 aromatic heterocycles. The van der Waals surface area contributed by atoms with Gasteiger partial charge in [0.05, 0.1) is 10.2 Å². The molecule has 0 radical (unpaired) electrons. The van der Waals surface area contributed by atoms with Gasteiger partial charge in [-0.05, 0) is 40.0 Å². The highest BCUT2D eigenvalue weighted by atomic mass is 79.9. The Morgan fingerprint density at radius 2 is 2.26 bits per heavy atom. The van der Waals surface area contributed by atoms with Gasteiger partial charge in [-0.15, -0.1) is 11.8 Å². The summed E-state index contributed by atoms with van der Waals surface area (Å²) < 4.78 is 2.79. The number of fused-ring (bicyclic) bond motifs is 1. The number of hydrogen-bond acceptors (Lipinski definition) is 2. The van der Waals surface area contributed by atoms with Crippen LogP contribution in [0.5, 0.6) is 0 Å². The lowest BCUT2D eigenvalue weighted by atomic mass is 10.1. The standard InChI is InChI=1S/C14H12BrNO2S/c15-13-6-10(14(17)18)7-16(13)8-11-5-9-3-1-2-4-12(9)19-11/h1-4,6-7,11H,5,8H2,(H,17,18). The molecule has 0 bridgehead atoms. The highest BCUT2D eigenvalue weighted by Gasteiger charge is 2.23. The zero-order valence-electron chi connectivity index (χ0n) is 10.0. The van der Waals surface area contributed by atoms with Crippen LogP contribution in [0.15, 0.2) is 46.0 Å². The van der Waals surface area contributed by atoms with E-state index in [1.807, 2.05) is 16.3 Å². The highest BCUT2D eigenvalue weighted by Crippen LogP contribution is 2.37. The molecule has 3 rings (SSSR count). The molecule has 3 nitrogen and oxygen atoms in total. The molecule has 0 saturated carbocycles. The molecule has 2 aromatic rings. The van der Waals surface area contributed by atoms with Gasteiger partial charge in [-0.25, -0.2) is 4.79 Å². The summed E-state index contributed by atoms with van der Waals surface area (Å²) in [6, 6.07) is 10.1. The van der Waals surface area contributed by atoms with Crippen LogP contribution in [-0.4, -0.2) is 20.9 Å². The molecular weight excluding hydrogens is 326 g/mol. The second-order valence-electron chi connectivity index (χ2n) is 4.56. The number of rotatable bonds is 3. The Morgan fingerprint density at radius 3 is 2.95 bits per heavy atom. The second kappa shape index (κ2) is 5.06. The molecule has 0 amide bonds. The number of thioether (sulfide) groups is 1. The average Bonchev–Trinajstić information content (AvgIpc) is 2.93. The van der Waals surface area contributed by atoms with Gasteiger partial charge in [0.2, 0.25) is 0 Å². The van der Waals surface area contributed by atoms with E-state index in [2.05, 4.69) is 40.2 Å². The number of halogens is 1. The van der Waals surface area contributed by atoms with Gasteiger partial charge in [-0.3, -0.25) is 0 Å². The number of carboxylic acids is 1. The molecule has 0 spiro atoms. The Balaban J connectivity index is 1.76. The first-order valence-electron chi connectivity index (χ1n) is 5.97. The number of aromatic nitrogens is 1. The molecule has 5 heteroatoms. The molecular formula is C14H12BrNO2S. The minimum atomic E-state index is -0.887. The highest BCUT2D eigenvalue weighted by molar-refractivity contribution is 9.10. The van der Waals surface area contributed by atoms with E-state index in [-0.39, 0.29) is 0 Å². The largest absolute Gasteiger partial charge is 0.478 e. The molecule has 1 aromatic carbocycles. The predicted molar refractivity (Wildman–Crippen MR) is 78.9 cm³/mol. The molecule has 19 heavy (non-hydrogen) atoms. The molecule has 1 aliphatic heterocycles. The van der Waals surface area contributed by atoms with Crippen molar-refractivity contribution in [2.24, 2.45) is 0 Å². The van der Waals surface area contributed by atoms with Gasteiger partial charge >= 0.3 is 5.97 Å². The van der Waals surface area contributed by atoms with Crippen molar-refractivity contribution in [3.05, 3.63) is 52.3 Å². The second-order valence-corrected chi connectivity index (χ2v) is 6.72. The van der Waals surface area contributed by atoms with Crippen LogP contribution in [-0.2, 0) is 13.0 Å². The third kappa shape index (κ3) is 2.58. The maximum atomic E-state index is 10.9. The van der Waals surface area contributed by atoms with Crippen molar-refractivity contribution < 1.29 is 9.90 Å². The maximum Gasteiger partial charge on any atom is 0.337 e. The van der Waals surface area contributed by atoms with Crippen molar-refractivity contribution in [2.45, 2.75) is 23.1 Å². The van der Waals surface area contributed by atoms with Crippen molar-refractivity contribution in [1.29, 1.82) is 0 Å². The SMILES string of the molecule is O=C(O)c1cc(Br)n(CC2Cc3ccccc3S2)c1. The van der Waals surface area contributed by atoms with Crippen molar-refractivity contribution in [3.8, 4) is 0 Å². The van der Waals surface area contributed by atoms with Gasteiger partial charge in [0.1, 0.15) is 0 Å². The number of carbonyl (C=O) groups is 1. The molecule has 0 aliphatic carbocycles. The summed E-state index contributed by atoms with van der Waals surface area (Å²) in [5, 5.41) is 9.45. The van der Waals surface area contributed by atoms with Gasteiger partial charge in [-0.1, -0.05) is 18.2 Å². The monoisotopic (exact) mass is 337 g/mol. The summed E-state index contributed by atoms with van der Waals surface area (Å²) in [7, 11) is 0. The van der Waals surface area contributed by atoms with Crippen LogP contribution in [0.1, 0.15) is 15.9 Å². The minimum absolute atomic E-state index is 0.326. The molecule has 2 heterocycles. The normalized spacial score (nSPS) is 17.4. The van der Waals surface area contributed by atoms with Crippen LogP contribution in [0.3, 0.4) is 0 Å². The van der Waals surface area contributed by atoms with Crippen LogP contribution in [0, 0.1) is 0 Å². The van der Waals surface area contributed by atoms with E-state index in [1.54, 1.807) is 12.3 Å². The number of aromatic carboxylic acids is 1. The molecule has 1 N–H and O–H groups in total. The molecule has 1 atom stereocenters. The number of benzene rings is 1. The van der Waals surface area contributed by atoms with Gasteiger partial charge in [0.15, 0.2) is 0 Å². The third-order valence-electron chi connectivity index (χ3n) is 3.21. The van der Waals surface area contributed by atoms with Crippen molar-refractivity contribution >= 4 is 33.7 Å². The van der Waals surface area contributed by atoms with Gasteiger partial charge in [0, 0.05) is 22.9 Å². The van der Waals surface area contributed by atoms with Crippen LogP contribution in [0.25, 0.3) is 0 Å². The van der Waals surface area contributed by atoms with E-state index in [0.717, 1.165) is 17.6 Å². The van der Waals surface area contributed by atoms with E-state index >= 15 is 0 Å². The van der Waals surface area contributed by atoms with Gasteiger partial charge in [0.25, 0.3) is 0 Å². The fourth-order valence-electron chi connectivity index (χ4n) is 2.31. The minimum Gasteiger partial charge on any atom is -0.478 e. The van der Waals surface area contributed by atoms with E-state index in [1.165, 1.54) is 10.5 Å². The van der Waals surface area contributed by atoms with E-state index in [9.17, 15) is 4.79 Å². The van der Waals surface area contributed by atoms with Gasteiger partial charge < -0.3 is 9.67 Å². The summed E-state index contributed by atoms with van der Waals surface area (Å²) in [6.07, 6.45) is 2.73. The average molecular weight is 338 g/mol. The summed E-state index contributed by atoms with van der Waals surface area (Å²) in [5.41, 5.74) is 1.71. The van der Waals surface area contributed by atoms with E-state index in [0.29, 0.717) is 10.8 Å². The molecule has 1 aliphatic rings. The smallest absolute Gasteiger partial charge is 0.337 e. The summed E-state index contributed by atoms with van der Waals surface area (Å²) in [5.74, 6) is -0.887.